The summed E-state index contributed by atoms with van der Waals surface area (Å²) in [5, 5.41) is 0. The van der Waals surface area contributed by atoms with Crippen LogP contribution in [0.3, 0.4) is 0 Å². The zero-order valence-corrected chi connectivity index (χ0v) is 33.6. The minimum Gasteiger partial charge on any atom is -0.309 e. The number of hydrogen-bond donors (Lipinski definition) is 0. The van der Waals surface area contributed by atoms with Crippen LogP contribution in [0.2, 0.25) is 0 Å². The third-order valence-corrected chi connectivity index (χ3v) is 13.1. The average Bonchev–Trinajstić information content (AvgIpc) is 3.93. The van der Waals surface area contributed by atoms with E-state index in [1.165, 1.54) is 109 Å². The van der Waals surface area contributed by atoms with Crippen LogP contribution in [0, 0.1) is 0 Å². The lowest BCUT2D eigenvalue weighted by Crippen LogP contribution is -2.21. The molecule has 1 heteroatoms. The van der Waals surface area contributed by atoms with E-state index in [-0.39, 0.29) is 5.41 Å². The molecule has 0 atom stereocenters. The molecule has 1 spiro atoms. The van der Waals surface area contributed by atoms with Gasteiger partial charge in [-0.1, -0.05) is 213 Å². The van der Waals surface area contributed by atoms with Crippen molar-refractivity contribution in [2.75, 3.05) is 4.90 Å². The van der Waals surface area contributed by atoms with Crippen molar-refractivity contribution in [2.45, 2.75) is 31.1 Å². The molecule has 0 bridgehead atoms. The van der Waals surface area contributed by atoms with Crippen molar-refractivity contribution in [3.8, 4) is 66.8 Å². The predicted octanol–water partition coefficient (Wildman–Crippen LogP) is 16.3. The first-order valence-electron chi connectivity index (χ1n) is 21.4. The molecule has 2 aliphatic carbocycles. The van der Waals surface area contributed by atoms with Gasteiger partial charge in [0.15, 0.2) is 0 Å². The van der Waals surface area contributed by atoms with Crippen LogP contribution in [0.25, 0.3) is 66.8 Å². The topological polar surface area (TPSA) is 3.24 Å². The molecule has 0 heterocycles. The van der Waals surface area contributed by atoms with Crippen LogP contribution in [0.4, 0.5) is 17.1 Å². The van der Waals surface area contributed by atoms with Crippen molar-refractivity contribution >= 4 is 17.1 Å². The van der Waals surface area contributed by atoms with E-state index < -0.39 is 0 Å². The quantitative estimate of drug-likeness (QED) is 0.149. The second kappa shape index (κ2) is 15.2. The molecule has 0 aliphatic heterocycles. The molecule has 1 saturated carbocycles. The van der Waals surface area contributed by atoms with E-state index in [1.807, 2.05) is 0 Å². The smallest absolute Gasteiger partial charge is 0.0540 e. The molecule has 0 saturated heterocycles. The molecule has 0 N–H and O–H groups in total. The van der Waals surface area contributed by atoms with Gasteiger partial charge in [0.1, 0.15) is 0 Å². The standard InChI is InChI=1S/C59H45N/c1-3-19-42(20-4-1)43-33-35-45(36-34-43)48-24-12-15-31-57(48)60(46-37-38-53-52-28-11-14-30-55(52)59(56(53)41-46)39-17-18-40-59)58-32-16-13-29-54(58)51-27-10-9-26-50(51)49-25-8-7-23-47(49)44-21-5-2-6-22-44/h1-16,19-38,41H,17-18,39-40H2. The summed E-state index contributed by atoms with van der Waals surface area (Å²) in [5.74, 6) is 0. The molecule has 2 aliphatic rings. The van der Waals surface area contributed by atoms with E-state index in [4.69, 9.17) is 0 Å². The SMILES string of the molecule is c1ccc(-c2ccc(-c3ccccc3N(c3ccc4c(c3)C3(CCCC3)c3ccccc3-4)c3ccccc3-c3ccccc3-c3ccccc3-c3ccccc3)cc2)cc1. The van der Waals surface area contributed by atoms with Crippen molar-refractivity contribution in [1.82, 2.24) is 0 Å². The van der Waals surface area contributed by atoms with Gasteiger partial charge in [-0.2, -0.15) is 0 Å². The fourth-order valence-corrected chi connectivity index (χ4v) is 10.3. The summed E-state index contributed by atoms with van der Waals surface area (Å²) in [5.41, 5.74) is 21.4. The third-order valence-electron chi connectivity index (χ3n) is 13.1. The average molecular weight is 768 g/mol. The first-order chi connectivity index (χ1) is 29.8. The van der Waals surface area contributed by atoms with Crippen LogP contribution < -0.4 is 4.90 Å². The molecule has 1 nitrogen and oxygen atoms in total. The molecule has 0 unspecified atom stereocenters. The summed E-state index contributed by atoms with van der Waals surface area (Å²) >= 11 is 0. The highest BCUT2D eigenvalue weighted by molar-refractivity contribution is 5.99. The van der Waals surface area contributed by atoms with Gasteiger partial charge in [-0.25, -0.2) is 0 Å². The summed E-state index contributed by atoms with van der Waals surface area (Å²) in [6.45, 7) is 0. The first-order valence-corrected chi connectivity index (χ1v) is 21.4. The zero-order valence-electron chi connectivity index (χ0n) is 33.6. The maximum absolute atomic E-state index is 2.54. The van der Waals surface area contributed by atoms with Gasteiger partial charge in [-0.3, -0.25) is 0 Å². The van der Waals surface area contributed by atoms with Crippen molar-refractivity contribution in [3.05, 3.63) is 236 Å². The molecular formula is C59H45N. The first kappa shape index (κ1) is 35.9. The number of para-hydroxylation sites is 2. The monoisotopic (exact) mass is 767 g/mol. The highest BCUT2D eigenvalue weighted by atomic mass is 15.1. The van der Waals surface area contributed by atoms with Crippen molar-refractivity contribution in [1.29, 1.82) is 0 Å². The van der Waals surface area contributed by atoms with Crippen LogP contribution in [-0.2, 0) is 5.41 Å². The maximum Gasteiger partial charge on any atom is 0.0540 e. The normalized spacial score (nSPS) is 13.5. The second-order valence-electron chi connectivity index (χ2n) is 16.3. The lowest BCUT2D eigenvalue weighted by molar-refractivity contribution is 0.550. The van der Waals surface area contributed by atoms with Gasteiger partial charge in [-0.15, -0.1) is 0 Å². The van der Waals surface area contributed by atoms with Gasteiger partial charge in [0, 0.05) is 22.2 Å². The van der Waals surface area contributed by atoms with Gasteiger partial charge in [-0.05, 0) is 104 Å². The highest BCUT2D eigenvalue weighted by Crippen LogP contribution is 2.58. The van der Waals surface area contributed by atoms with Gasteiger partial charge >= 0.3 is 0 Å². The Bertz CT molecular complexity index is 2970. The molecule has 60 heavy (non-hydrogen) atoms. The summed E-state index contributed by atoms with van der Waals surface area (Å²) in [7, 11) is 0. The zero-order chi connectivity index (χ0) is 39.9. The Labute approximate surface area is 353 Å². The Kier molecular flexibility index (Phi) is 9.09. The van der Waals surface area contributed by atoms with Crippen LogP contribution in [0.1, 0.15) is 36.8 Å². The molecule has 0 amide bonds. The van der Waals surface area contributed by atoms with Gasteiger partial charge in [0.05, 0.1) is 11.4 Å². The number of fused-ring (bicyclic) bond motifs is 5. The molecule has 9 aromatic rings. The minimum atomic E-state index is 0.0493. The fourth-order valence-electron chi connectivity index (χ4n) is 10.3. The molecule has 11 rings (SSSR count). The largest absolute Gasteiger partial charge is 0.309 e. The van der Waals surface area contributed by atoms with Crippen LogP contribution in [0.15, 0.2) is 224 Å². The van der Waals surface area contributed by atoms with E-state index in [0.717, 1.165) is 11.4 Å². The second-order valence-corrected chi connectivity index (χ2v) is 16.3. The molecular weight excluding hydrogens is 723 g/mol. The lowest BCUT2D eigenvalue weighted by atomic mass is 9.76. The van der Waals surface area contributed by atoms with Gasteiger partial charge in [0.2, 0.25) is 0 Å². The van der Waals surface area contributed by atoms with Crippen molar-refractivity contribution in [2.24, 2.45) is 0 Å². The molecule has 1 fully saturated rings. The van der Waals surface area contributed by atoms with Gasteiger partial charge < -0.3 is 4.90 Å². The highest BCUT2D eigenvalue weighted by Gasteiger charge is 2.45. The molecule has 9 aromatic carbocycles. The Morgan fingerprint density at radius 2 is 0.700 bits per heavy atom. The number of nitrogens with zero attached hydrogens (tertiary/aromatic N) is 1. The summed E-state index contributed by atoms with van der Waals surface area (Å²) < 4.78 is 0. The minimum absolute atomic E-state index is 0.0493. The van der Waals surface area contributed by atoms with Crippen molar-refractivity contribution in [3.63, 3.8) is 0 Å². The van der Waals surface area contributed by atoms with E-state index in [1.54, 1.807) is 0 Å². The van der Waals surface area contributed by atoms with E-state index in [2.05, 4.69) is 229 Å². The molecule has 0 aromatic heterocycles. The molecule has 286 valence electrons. The van der Waals surface area contributed by atoms with Crippen LogP contribution in [0.5, 0.6) is 0 Å². The van der Waals surface area contributed by atoms with E-state index in [9.17, 15) is 0 Å². The Hall–Kier alpha value is -7.22. The fraction of sp³-hybridized carbons (Fsp3) is 0.0847. The van der Waals surface area contributed by atoms with Crippen LogP contribution in [-0.4, -0.2) is 0 Å². The summed E-state index contributed by atoms with van der Waals surface area (Å²) in [6.07, 6.45) is 4.90. The number of hydrogen-bond acceptors (Lipinski definition) is 1. The van der Waals surface area contributed by atoms with Crippen molar-refractivity contribution < 1.29 is 0 Å². The number of rotatable bonds is 8. The van der Waals surface area contributed by atoms with Crippen LogP contribution >= 0.6 is 0 Å². The number of benzene rings is 9. The Morgan fingerprint density at radius 3 is 1.37 bits per heavy atom. The predicted molar refractivity (Wildman–Crippen MR) is 253 cm³/mol. The summed E-state index contributed by atoms with van der Waals surface area (Å²) in [6, 6.07) is 82.8. The van der Waals surface area contributed by atoms with E-state index in [0.29, 0.717) is 0 Å². The third kappa shape index (κ3) is 6.09. The maximum atomic E-state index is 2.54. The summed E-state index contributed by atoms with van der Waals surface area (Å²) in [4.78, 5) is 2.54. The lowest BCUT2D eigenvalue weighted by Gasteiger charge is -2.32. The molecule has 0 radical (unpaired) electrons. The Morgan fingerprint density at radius 1 is 0.283 bits per heavy atom. The van der Waals surface area contributed by atoms with Gasteiger partial charge in [0.25, 0.3) is 0 Å². The Balaban J connectivity index is 1.13. The number of anilines is 3. The van der Waals surface area contributed by atoms with E-state index >= 15 is 0 Å².